The molecule has 0 radical (unpaired) electrons. The topological polar surface area (TPSA) is 0 Å². The number of alkyl halides is 3. The van der Waals surface area contributed by atoms with E-state index in [0.717, 1.165) is 30.5 Å². The van der Waals surface area contributed by atoms with Crippen LogP contribution in [0.15, 0.2) is 54.6 Å². The van der Waals surface area contributed by atoms with Crippen LogP contribution in [0.3, 0.4) is 0 Å². The zero-order valence-electron chi connectivity index (χ0n) is 17.7. The second-order valence-electron chi connectivity index (χ2n) is 7.71. The van der Waals surface area contributed by atoms with Gasteiger partial charge in [-0.1, -0.05) is 37.6 Å². The summed E-state index contributed by atoms with van der Waals surface area (Å²) >= 11 is 0. The lowest BCUT2D eigenvalue weighted by molar-refractivity contribution is -0.0790. The summed E-state index contributed by atoms with van der Waals surface area (Å²) in [6.45, 7) is 2.06. The van der Waals surface area contributed by atoms with Gasteiger partial charge < -0.3 is 0 Å². The third-order valence-corrected chi connectivity index (χ3v) is 5.21. The molecular formula is C26H21F7. The van der Waals surface area contributed by atoms with Crippen molar-refractivity contribution in [2.45, 2.75) is 38.8 Å². The molecule has 0 nitrogen and oxygen atoms in total. The van der Waals surface area contributed by atoms with Gasteiger partial charge in [0, 0.05) is 17.2 Å². The first-order valence-corrected chi connectivity index (χ1v) is 10.4. The van der Waals surface area contributed by atoms with Gasteiger partial charge in [-0.05, 0) is 71.9 Å². The van der Waals surface area contributed by atoms with Crippen molar-refractivity contribution in [3.05, 3.63) is 100 Å². The van der Waals surface area contributed by atoms with Crippen molar-refractivity contribution in [3.8, 4) is 11.1 Å². The lowest BCUT2D eigenvalue weighted by atomic mass is 9.97. The Morgan fingerprint density at radius 3 is 1.76 bits per heavy atom. The minimum atomic E-state index is -4.71. The third-order valence-electron chi connectivity index (χ3n) is 5.21. The Morgan fingerprint density at radius 1 is 0.667 bits per heavy atom. The molecule has 0 saturated carbocycles. The summed E-state index contributed by atoms with van der Waals surface area (Å²) in [5.74, 6) is -3.94. The number of hydrogen-bond acceptors (Lipinski definition) is 0. The maximum Gasteiger partial charge on any atom is 0.409 e. The van der Waals surface area contributed by atoms with Crippen LogP contribution in [0.4, 0.5) is 30.7 Å². The van der Waals surface area contributed by atoms with Crippen molar-refractivity contribution < 1.29 is 30.7 Å². The molecule has 3 aromatic rings. The van der Waals surface area contributed by atoms with Crippen LogP contribution in [0.2, 0.25) is 0 Å². The molecule has 0 fully saturated rings. The van der Waals surface area contributed by atoms with Crippen molar-refractivity contribution >= 4 is 6.08 Å². The first kappa shape index (κ1) is 24.6. The number of allylic oxidation sites excluding steroid dienone is 1. The van der Waals surface area contributed by atoms with Gasteiger partial charge >= 0.3 is 6.18 Å². The van der Waals surface area contributed by atoms with Crippen molar-refractivity contribution in [3.63, 3.8) is 0 Å². The summed E-state index contributed by atoms with van der Waals surface area (Å²) in [4.78, 5) is 0. The van der Waals surface area contributed by atoms with Gasteiger partial charge in [0.1, 0.15) is 23.3 Å². The second-order valence-corrected chi connectivity index (χ2v) is 7.71. The first-order valence-electron chi connectivity index (χ1n) is 10.4. The molecule has 0 spiro atoms. The minimum absolute atomic E-state index is 0.0727. The highest BCUT2D eigenvalue weighted by Gasteiger charge is 2.23. The number of aryl methyl sites for hydroxylation is 2. The lowest BCUT2D eigenvalue weighted by Crippen LogP contribution is -2.03. The molecule has 0 amide bonds. The van der Waals surface area contributed by atoms with Crippen LogP contribution >= 0.6 is 0 Å². The molecule has 0 aliphatic rings. The quantitative estimate of drug-likeness (QED) is 0.308. The van der Waals surface area contributed by atoms with Gasteiger partial charge in [-0.15, -0.1) is 0 Å². The van der Waals surface area contributed by atoms with Gasteiger partial charge in [-0.3, -0.25) is 0 Å². The second kappa shape index (κ2) is 10.2. The first-order chi connectivity index (χ1) is 15.6. The van der Waals surface area contributed by atoms with Crippen LogP contribution in [0.1, 0.15) is 35.6 Å². The van der Waals surface area contributed by atoms with Gasteiger partial charge in [0.25, 0.3) is 0 Å². The van der Waals surface area contributed by atoms with Gasteiger partial charge in [0.2, 0.25) is 0 Å². The number of benzene rings is 3. The standard InChI is InChI=1S/C26H21F7/c1-2-3-16-4-7-18(8-5-16)19-14-24(29)20(25(30)15-19)9-6-17-12-22(27)21(23(28)13-17)10-11-26(31,32)33/h4-5,7-8,10-15H,2-3,6,9H2,1H3. The molecule has 0 saturated heterocycles. The Hall–Kier alpha value is -3.09. The van der Waals surface area contributed by atoms with E-state index in [9.17, 15) is 30.7 Å². The van der Waals surface area contributed by atoms with Gasteiger partial charge in [-0.25, -0.2) is 17.6 Å². The molecule has 174 valence electrons. The van der Waals surface area contributed by atoms with Gasteiger partial charge in [0.05, 0.1) is 0 Å². The fraction of sp³-hybridized carbons (Fsp3) is 0.231. The van der Waals surface area contributed by atoms with E-state index >= 15 is 0 Å². The Balaban J connectivity index is 1.77. The fourth-order valence-electron chi connectivity index (χ4n) is 3.55. The highest BCUT2D eigenvalue weighted by atomic mass is 19.4. The van der Waals surface area contributed by atoms with E-state index in [1.807, 2.05) is 12.1 Å². The summed E-state index contributed by atoms with van der Waals surface area (Å²) in [5, 5.41) is 0. The van der Waals surface area contributed by atoms with E-state index in [0.29, 0.717) is 17.2 Å². The highest BCUT2D eigenvalue weighted by Crippen LogP contribution is 2.27. The molecule has 0 unspecified atom stereocenters. The average molecular weight is 466 g/mol. The van der Waals surface area contributed by atoms with Crippen molar-refractivity contribution in [1.82, 2.24) is 0 Å². The molecule has 7 heteroatoms. The Bertz CT molecular complexity index is 1100. The van der Waals surface area contributed by atoms with Crippen LogP contribution in [-0.2, 0) is 19.3 Å². The van der Waals surface area contributed by atoms with Crippen LogP contribution in [0.5, 0.6) is 0 Å². The summed E-state index contributed by atoms with van der Waals surface area (Å²) in [5.41, 5.74) is 1.16. The molecule has 33 heavy (non-hydrogen) atoms. The van der Waals surface area contributed by atoms with E-state index in [1.54, 1.807) is 12.1 Å². The largest absolute Gasteiger partial charge is 0.409 e. The van der Waals surface area contributed by atoms with E-state index in [-0.39, 0.29) is 30.0 Å². The van der Waals surface area contributed by atoms with Crippen LogP contribution in [0, 0.1) is 23.3 Å². The van der Waals surface area contributed by atoms with Gasteiger partial charge in [-0.2, -0.15) is 13.2 Å². The lowest BCUT2D eigenvalue weighted by Gasteiger charge is -2.10. The van der Waals surface area contributed by atoms with E-state index in [4.69, 9.17) is 0 Å². The normalized spacial score (nSPS) is 12.0. The maximum absolute atomic E-state index is 14.6. The van der Waals surface area contributed by atoms with Crippen molar-refractivity contribution in [1.29, 1.82) is 0 Å². The number of hydrogen-bond donors (Lipinski definition) is 0. The minimum Gasteiger partial charge on any atom is -0.207 e. The molecular weight excluding hydrogens is 445 g/mol. The molecule has 0 aliphatic heterocycles. The highest BCUT2D eigenvalue weighted by molar-refractivity contribution is 5.64. The van der Waals surface area contributed by atoms with Crippen LogP contribution in [0.25, 0.3) is 17.2 Å². The molecule has 3 rings (SSSR count). The average Bonchev–Trinajstić information content (AvgIpc) is 2.72. The van der Waals surface area contributed by atoms with Gasteiger partial charge in [0.15, 0.2) is 0 Å². The Labute approximate surface area is 187 Å². The summed E-state index contributed by atoms with van der Waals surface area (Å²) in [6, 6.07) is 11.5. The number of halogens is 7. The zero-order valence-corrected chi connectivity index (χ0v) is 17.7. The molecule has 3 aromatic carbocycles. The fourth-order valence-corrected chi connectivity index (χ4v) is 3.55. The molecule has 0 heterocycles. The monoisotopic (exact) mass is 466 g/mol. The zero-order chi connectivity index (χ0) is 24.2. The predicted molar refractivity (Wildman–Crippen MR) is 115 cm³/mol. The van der Waals surface area contributed by atoms with Crippen molar-refractivity contribution in [2.75, 3.05) is 0 Å². The van der Waals surface area contributed by atoms with E-state index in [2.05, 4.69) is 6.92 Å². The molecule has 0 aliphatic carbocycles. The van der Waals surface area contributed by atoms with Crippen molar-refractivity contribution in [2.24, 2.45) is 0 Å². The van der Waals surface area contributed by atoms with E-state index < -0.39 is 35.0 Å². The summed E-state index contributed by atoms with van der Waals surface area (Å²) in [6.07, 6.45) is -3.06. The van der Waals surface area contributed by atoms with Crippen LogP contribution < -0.4 is 0 Å². The van der Waals surface area contributed by atoms with Crippen LogP contribution in [-0.4, -0.2) is 6.18 Å². The molecule has 0 aromatic heterocycles. The molecule has 0 N–H and O–H groups in total. The van der Waals surface area contributed by atoms with E-state index in [1.165, 1.54) is 12.1 Å². The predicted octanol–water partition coefficient (Wildman–Crippen LogP) is 8.22. The summed E-state index contributed by atoms with van der Waals surface area (Å²) in [7, 11) is 0. The smallest absolute Gasteiger partial charge is 0.207 e. The molecule has 0 atom stereocenters. The number of rotatable bonds is 7. The summed E-state index contributed by atoms with van der Waals surface area (Å²) < 4.78 is 94.2. The molecule has 0 bridgehead atoms. The maximum atomic E-state index is 14.6. The Kier molecular flexibility index (Phi) is 7.61. The Morgan fingerprint density at radius 2 is 1.24 bits per heavy atom. The SMILES string of the molecule is CCCc1ccc(-c2cc(F)c(CCc3cc(F)c(C=CC(F)(F)F)c(F)c3)c(F)c2)cc1. The third kappa shape index (κ3) is 6.46.